The maximum absolute atomic E-state index is 12.0. The Bertz CT molecular complexity index is 1360. The predicted octanol–water partition coefficient (Wildman–Crippen LogP) is 5.56. The van der Waals surface area contributed by atoms with Crippen LogP contribution >= 0.6 is 0 Å². The third-order valence-corrected chi connectivity index (χ3v) is 6.82. The fraction of sp³-hybridized carbons (Fsp3) is 0.485. The maximum atomic E-state index is 12.0. The molecule has 2 atom stereocenters. The van der Waals surface area contributed by atoms with Gasteiger partial charge in [0.25, 0.3) is 0 Å². The molecule has 1 fully saturated rings. The van der Waals surface area contributed by atoms with Crippen LogP contribution in [0.4, 0.5) is 4.79 Å². The van der Waals surface area contributed by atoms with Gasteiger partial charge in [0.15, 0.2) is 5.52 Å². The third kappa shape index (κ3) is 12.9. The highest BCUT2D eigenvalue weighted by Gasteiger charge is 2.29. The van der Waals surface area contributed by atoms with E-state index in [1.54, 1.807) is 10.9 Å². The van der Waals surface area contributed by atoms with E-state index in [2.05, 4.69) is 93.3 Å². The molecule has 3 N–H and O–H groups in total. The van der Waals surface area contributed by atoms with Gasteiger partial charge in [-0.05, 0) is 57.8 Å². The second-order valence-electron chi connectivity index (χ2n) is 10.3. The van der Waals surface area contributed by atoms with Gasteiger partial charge >= 0.3 is 11.7 Å². The molecule has 1 aliphatic heterocycles. The highest BCUT2D eigenvalue weighted by atomic mass is 16.6. The molecule has 0 saturated carbocycles. The van der Waals surface area contributed by atoms with E-state index in [9.17, 15) is 14.4 Å². The quantitative estimate of drug-likeness (QED) is 0.140. The van der Waals surface area contributed by atoms with Crippen molar-refractivity contribution in [1.29, 1.82) is 0 Å². The van der Waals surface area contributed by atoms with E-state index in [0.717, 1.165) is 44.9 Å². The SMILES string of the molecule is CC/C=C\C/C=C\C/C=C\C/C=C\C/C=C\CCCC(=O)NCCNC(=O)OC[C@@H]1CCC(n2cnc3c(=O)nc[nH]c32)O1. The zero-order chi connectivity index (χ0) is 31.2. The van der Waals surface area contributed by atoms with Gasteiger partial charge < -0.3 is 25.1 Å². The van der Waals surface area contributed by atoms with Crippen LogP contribution in [0.2, 0.25) is 0 Å². The first kappa shape index (κ1) is 34.2. The molecule has 1 aliphatic rings. The van der Waals surface area contributed by atoms with E-state index in [1.165, 1.54) is 6.33 Å². The van der Waals surface area contributed by atoms with Gasteiger partial charge in [0, 0.05) is 19.5 Å². The Morgan fingerprint density at radius 1 is 0.955 bits per heavy atom. The van der Waals surface area contributed by atoms with Crippen LogP contribution in [0.1, 0.15) is 77.4 Å². The number of aromatic amines is 1. The molecule has 0 aliphatic carbocycles. The summed E-state index contributed by atoms with van der Waals surface area (Å²) >= 11 is 0. The Morgan fingerprint density at radius 3 is 2.32 bits per heavy atom. The van der Waals surface area contributed by atoms with E-state index in [-0.39, 0.29) is 36.9 Å². The lowest BCUT2D eigenvalue weighted by atomic mass is 10.2. The average molecular weight is 607 g/mol. The number of rotatable bonds is 19. The number of imidazole rings is 1. The highest BCUT2D eigenvalue weighted by Crippen LogP contribution is 2.29. The molecule has 238 valence electrons. The van der Waals surface area contributed by atoms with Crippen LogP contribution < -0.4 is 16.2 Å². The first-order valence-electron chi connectivity index (χ1n) is 15.6. The number of amides is 2. The van der Waals surface area contributed by atoms with Crippen molar-refractivity contribution in [3.05, 3.63) is 83.8 Å². The molecular weight excluding hydrogens is 560 g/mol. The van der Waals surface area contributed by atoms with E-state index in [4.69, 9.17) is 9.47 Å². The molecule has 44 heavy (non-hydrogen) atoms. The van der Waals surface area contributed by atoms with Gasteiger partial charge in [-0.15, -0.1) is 0 Å². The summed E-state index contributed by atoms with van der Waals surface area (Å²) in [5.74, 6) is -0.0398. The molecule has 3 heterocycles. The molecular formula is C33H46N6O5. The zero-order valence-corrected chi connectivity index (χ0v) is 25.7. The summed E-state index contributed by atoms with van der Waals surface area (Å²) in [5, 5.41) is 5.45. The second kappa shape index (κ2) is 20.6. The molecule has 0 spiro atoms. The molecule has 2 aromatic rings. The van der Waals surface area contributed by atoms with Gasteiger partial charge in [-0.25, -0.2) is 9.78 Å². The van der Waals surface area contributed by atoms with E-state index in [0.29, 0.717) is 31.5 Å². The van der Waals surface area contributed by atoms with Crippen molar-refractivity contribution in [3.63, 3.8) is 0 Å². The van der Waals surface area contributed by atoms with Gasteiger partial charge in [-0.1, -0.05) is 67.7 Å². The lowest BCUT2D eigenvalue weighted by Gasteiger charge is -2.15. The monoisotopic (exact) mass is 606 g/mol. The Morgan fingerprint density at radius 2 is 1.61 bits per heavy atom. The number of hydrogen-bond donors (Lipinski definition) is 3. The summed E-state index contributed by atoms with van der Waals surface area (Å²) in [5.41, 5.74) is 0.405. The number of carbonyl (C=O) groups is 2. The molecule has 2 aromatic heterocycles. The number of hydrogen-bond acceptors (Lipinski definition) is 7. The molecule has 0 radical (unpaired) electrons. The van der Waals surface area contributed by atoms with Crippen LogP contribution in [0.5, 0.6) is 0 Å². The number of fused-ring (bicyclic) bond motifs is 1. The zero-order valence-electron chi connectivity index (χ0n) is 25.7. The normalized spacial score (nSPS) is 17.3. The Hall–Kier alpha value is -4.25. The summed E-state index contributed by atoms with van der Waals surface area (Å²) in [6.07, 6.45) is 31.8. The summed E-state index contributed by atoms with van der Waals surface area (Å²) in [6.45, 7) is 2.85. The van der Waals surface area contributed by atoms with Gasteiger partial charge in [0.2, 0.25) is 5.91 Å². The minimum absolute atomic E-state index is 0.0398. The molecule has 2 amide bonds. The van der Waals surface area contributed by atoms with E-state index >= 15 is 0 Å². The Balaban J connectivity index is 1.14. The number of alkyl carbamates (subject to hydrolysis) is 1. The topological polar surface area (TPSA) is 140 Å². The Kier molecular flexibility index (Phi) is 16.0. The second-order valence-corrected chi connectivity index (χ2v) is 10.3. The first-order valence-corrected chi connectivity index (χ1v) is 15.6. The molecule has 0 bridgehead atoms. The number of unbranched alkanes of at least 4 members (excludes halogenated alkanes) is 1. The van der Waals surface area contributed by atoms with Crippen LogP contribution in [0.3, 0.4) is 0 Å². The van der Waals surface area contributed by atoms with Crippen LogP contribution in [-0.2, 0) is 14.3 Å². The maximum Gasteiger partial charge on any atom is 0.407 e. The van der Waals surface area contributed by atoms with Crippen LogP contribution in [-0.4, -0.2) is 57.3 Å². The van der Waals surface area contributed by atoms with Crippen molar-refractivity contribution in [2.75, 3.05) is 19.7 Å². The van der Waals surface area contributed by atoms with Gasteiger partial charge in [-0.2, -0.15) is 4.98 Å². The summed E-state index contributed by atoms with van der Waals surface area (Å²) in [4.78, 5) is 46.6. The fourth-order valence-electron chi connectivity index (χ4n) is 4.53. The molecule has 1 unspecified atom stereocenters. The van der Waals surface area contributed by atoms with Crippen LogP contribution in [0.25, 0.3) is 11.2 Å². The van der Waals surface area contributed by atoms with Crippen molar-refractivity contribution < 1.29 is 19.1 Å². The number of nitrogens with one attached hydrogen (secondary N) is 3. The first-order chi connectivity index (χ1) is 21.6. The molecule has 11 heteroatoms. The summed E-state index contributed by atoms with van der Waals surface area (Å²) in [6, 6.07) is 0. The van der Waals surface area contributed by atoms with Crippen molar-refractivity contribution in [2.45, 2.75) is 83.5 Å². The number of allylic oxidation sites excluding steroid dienone is 10. The lowest BCUT2D eigenvalue weighted by molar-refractivity contribution is -0.121. The van der Waals surface area contributed by atoms with Gasteiger partial charge in [-0.3, -0.25) is 14.2 Å². The van der Waals surface area contributed by atoms with Crippen LogP contribution in [0.15, 0.2) is 78.2 Å². The highest BCUT2D eigenvalue weighted by molar-refractivity contribution is 5.76. The lowest BCUT2D eigenvalue weighted by Crippen LogP contribution is -2.35. The standard InChI is InChI=1S/C33H46N6O5/c1-2-3-4-5-6-7-8-9-10-11-12-13-14-15-16-17-18-19-28(40)34-22-23-35-33(42)43-24-27-20-21-29(44-27)39-26-38-30-31(39)36-25-37-32(30)41/h3-4,6-7,9-10,12-13,15-16,25-27,29H,2,5,8,11,14,17-24H2,1H3,(H,34,40)(H,35,42)(H,36,37,41)/b4-3-,7-6-,10-9-,13-12-,16-15-/t27-,29?/m0/s1. The smallest absolute Gasteiger partial charge is 0.407 e. The molecule has 3 rings (SSSR count). The minimum Gasteiger partial charge on any atom is -0.447 e. The van der Waals surface area contributed by atoms with Crippen molar-refractivity contribution in [3.8, 4) is 0 Å². The summed E-state index contributed by atoms with van der Waals surface area (Å²) < 4.78 is 13.0. The number of ether oxygens (including phenoxy) is 2. The minimum atomic E-state index is -0.562. The summed E-state index contributed by atoms with van der Waals surface area (Å²) in [7, 11) is 0. The molecule has 11 nitrogen and oxygen atoms in total. The van der Waals surface area contributed by atoms with Crippen molar-refractivity contribution >= 4 is 23.2 Å². The fourth-order valence-corrected chi connectivity index (χ4v) is 4.53. The third-order valence-electron chi connectivity index (χ3n) is 6.82. The van der Waals surface area contributed by atoms with E-state index in [1.807, 2.05) is 0 Å². The van der Waals surface area contributed by atoms with Gasteiger partial charge in [0.1, 0.15) is 18.5 Å². The molecule has 0 aromatic carbocycles. The number of H-pyrrole nitrogens is 1. The van der Waals surface area contributed by atoms with Gasteiger partial charge in [0.05, 0.1) is 18.8 Å². The number of aromatic nitrogens is 4. The number of nitrogens with zero attached hydrogens (tertiary/aromatic N) is 3. The van der Waals surface area contributed by atoms with Crippen molar-refractivity contribution in [1.82, 2.24) is 30.2 Å². The van der Waals surface area contributed by atoms with E-state index < -0.39 is 11.7 Å². The average Bonchev–Trinajstić information content (AvgIpc) is 3.68. The number of carbonyl (C=O) groups excluding carboxylic acids is 2. The largest absolute Gasteiger partial charge is 0.447 e. The Labute approximate surface area is 259 Å². The predicted molar refractivity (Wildman–Crippen MR) is 172 cm³/mol. The molecule has 1 saturated heterocycles. The van der Waals surface area contributed by atoms with Crippen LogP contribution in [0, 0.1) is 0 Å². The van der Waals surface area contributed by atoms with Crippen molar-refractivity contribution in [2.24, 2.45) is 0 Å².